The molecule has 0 aromatic carbocycles. The summed E-state index contributed by atoms with van der Waals surface area (Å²) in [5.41, 5.74) is 1.14. The molecule has 0 radical (unpaired) electrons. The van der Waals surface area contributed by atoms with Gasteiger partial charge in [-0.2, -0.15) is 0 Å². The number of thiazole rings is 1. The second-order valence-electron chi connectivity index (χ2n) is 7.94. The van der Waals surface area contributed by atoms with E-state index in [2.05, 4.69) is 20.2 Å². The summed E-state index contributed by atoms with van der Waals surface area (Å²) in [7, 11) is 0. The molecule has 4 rings (SSSR count). The highest BCUT2D eigenvalue weighted by Crippen LogP contribution is 2.15. The van der Waals surface area contributed by atoms with E-state index in [9.17, 15) is 9.59 Å². The van der Waals surface area contributed by atoms with E-state index < -0.39 is 0 Å². The molecule has 30 heavy (non-hydrogen) atoms. The summed E-state index contributed by atoms with van der Waals surface area (Å²) in [4.78, 5) is 38.3. The summed E-state index contributed by atoms with van der Waals surface area (Å²) in [6.07, 6.45) is 1.51. The van der Waals surface area contributed by atoms with Gasteiger partial charge in [0, 0.05) is 64.3 Å². The van der Waals surface area contributed by atoms with Crippen LogP contribution in [0.4, 0.5) is 0 Å². The molecule has 4 heterocycles. The Labute approximate surface area is 181 Å². The molecule has 0 aliphatic carbocycles. The minimum atomic E-state index is -0.138. The number of carbonyl (C=O) groups is 2. The van der Waals surface area contributed by atoms with E-state index in [4.69, 9.17) is 4.42 Å². The molecule has 2 fully saturated rings. The lowest BCUT2D eigenvalue weighted by Gasteiger charge is -2.40. The number of furan rings is 1. The smallest absolute Gasteiger partial charge is 0.289 e. The van der Waals surface area contributed by atoms with Gasteiger partial charge in [0.1, 0.15) is 0 Å². The second kappa shape index (κ2) is 9.28. The van der Waals surface area contributed by atoms with E-state index in [1.165, 1.54) is 6.26 Å². The molecule has 9 heteroatoms. The molecule has 8 nitrogen and oxygen atoms in total. The van der Waals surface area contributed by atoms with Crippen molar-refractivity contribution in [3.8, 4) is 0 Å². The Hall–Kier alpha value is -2.23. The Bertz CT molecular complexity index is 852. The summed E-state index contributed by atoms with van der Waals surface area (Å²) < 4.78 is 5.20. The summed E-state index contributed by atoms with van der Waals surface area (Å²) in [5.74, 6) is 0.407. The van der Waals surface area contributed by atoms with Gasteiger partial charge in [-0.3, -0.25) is 19.4 Å². The standard InChI is InChI=1S/C21H29N5O3S/c1-16(24-7-5-23(6-8-24)14-18-15-30-17(2)22-18)20(27)25-9-11-26(12-10-25)21(28)19-4-3-13-29-19/h3-4,13,15-16H,5-12,14H2,1-2H3/t16-/m1/s1. The van der Waals surface area contributed by atoms with Crippen molar-refractivity contribution in [1.29, 1.82) is 0 Å². The van der Waals surface area contributed by atoms with Gasteiger partial charge in [-0.1, -0.05) is 0 Å². The maximum absolute atomic E-state index is 13.0. The Morgan fingerprint density at radius 3 is 2.40 bits per heavy atom. The molecule has 0 spiro atoms. The third-order valence-corrected chi connectivity index (χ3v) is 6.80. The van der Waals surface area contributed by atoms with Gasteiger partial charge in [0.2, 0.25) is 5.91 Å². The summed E-state index contributed by atoms with van der Waals surface area (Å²) in [6.45, 7) is 10.8. The average molecular weight is 432 g/mol. The van der Waals surface area contributed by atoms with Gasteiger partial charge >= 0.3 is 0 Å². The first-order valence-corrected chi connectivity index (χ1v) is 11.4. The van der Waals surface area contributed by atoms with Crippen LogP contribution in [0, 0.1) is 6.92 Å². The van der Waals surface area contributed by atoms with Crippen LogP contribution in [0.3, 0.4) is 0 Å². The Morgan fingerprint density at radius 2 is 1.80 bits per heavy atom. The van der Waals surface area contributed by atoms with Crippen molar-refractivity contribution in [3.63, 3.8) is 0 Å². The molecule has 0 N–H and O–H groups in total. The van der Waals surface area contributed by atoms with Crippen molar-refractivity contribution in [3.05, 3.63) is 40.2 Å². The van der Waals surface area contributed by atoms with Crippen LogP contribution in [0.1, 0.15) is 28.2 Å². The molecule has 2 aromatic rings. The van der Waals surface area contributed by atoms with Crippen LogP contribution in [0.15, 0.2) is 28.2 Å². The largest absolute Gasteiger partial charge is 0.459 e. The minimum absolute atomic E-state index is 0.105. The lowest BCUT2D eigenvalue weighted by Crippen LogP contribution is -2.57. The molecule has 2 aromatic heterocycles. The van der Waals surface area contributed by atoms with E-state index in [0.717, 1.165) is 43.4 Å². The first kappa shape index (κ1) is 21.0. The number of hydrogen-bond donors (Lipinski definition) is 0. The number of carbonyl (C=O) groups excluding carboxylic acids is 2. The number of amides is 2. The quantitative estimate of drug-likeness (QED) is 0.715. The van der Waals surface area contributed by atoms with Gasteiger partial charge < -0.3 is 14.2 Å². The van der Waals surface area contributed by atoms with Crippen LogP contribution in [-0.4, -0.2) is 94.8 Å². The molecule has 2 aliphatic heterocycles. The van der Waals surface area contributed by atoms with Crippen LogP contribution >= 0.6 is 11.3 Å². The monoisotopic (exact) mass is 431 g/mol. The van der Waals surface area contributed by atoms with Crippen LogP contribution in [-0.2, 0) is 11.3 Å². The van der Waals surface area contributed by atoms with E-state index in [1.54, 1.807) is 28.4 Å². The number of rotatable bonds is 5. The molecule has 162 valence electrons. The zero-order chi connectivity index (χ0) is 21.1. The molecular formula is C21H29N5O3S. The number of hydrogen-bond acceptors (Lipinski definition) is 7. The Kier molecular flexibility index (Phi) is 6.50. The van der Waals surface area contributed by atoms with E-state index >= 15 is 0 Å². The Morgan fingerprint density at radius 1 is 1.10 bits per heavy atom. The van der Waals surface area contributed by atoms with E-state index in [-0.39, 0.29) is 17.9 Å². The number of aromatic nitrogens is 1. The van der Waals surface area contributed by atoms with Gasteiger partial charge in [-0.15, -0.1) is 11.3 Å². The van der Waals surface area contributed by atoms with Crippen molar-refractivity contribution in [2.24, 2.45) is 0 Å². The van der Waals surface area contributed by atoms with Gasteiger partial charge in [0.15, 0.2) is 5.76 Å². The molecule has 2 saturated heterocycles. The average Bonchev–Trinajstić information content (AvgIpc) is 3.45. The summed E-state index contributed by atoms with van der Waals surface area (Å²) in [5, 5.41) is 3.23. The molecule has 0 bridgehead atoms. The van der Waals surface area contributed by atoms with Gasteiger partial charge in [0.25, 0.3) is 5.91 Å². The zero-order valence-corrected chi connectivity index (χ0v) is 18.4. The highest BCUT2D eigenvalue weighted by Gasteiger charge is 2.32. The van der Waals surface area contributed by atoms with E-state index in [1.807, 2.05) is 18.7 Å². The molecule has 0 saturated carbocycles. The first-order chi connectivity index (χ1) is 14.5. The maximum atomic E-state index is 13.0. The van der Waals surface area contributed by atoms with Crippen molar-refractivity contribution in [1.82, 2.24) is 24.6 Å². The number of nitrogens with zero attached hydrogens (tertiary/aromatic N) is 5. The third-order valence-electron chi connectivity index (χ3n) is 5.97. The fourth-order valence-corrected chi connectivity index (χ4v) is 4.73. The fraction of sp³-hybridized carbons (Fsp3) is 0.571. The van der Waals surface area contributed by atoms with Crippen LogP contribution in [0.5, 0.6) is 0 Å². The van der Waals surface area contributed by atoms with Crippen molar-refractivity contribution >= 4 is 23.2 Å². The van der Waals surface area contributed by atoms with Crippen molar-refractivity contribution in [2.45, 2.75) is 26.4 Å². The molecule has 0 unspecified atom stereocenters. The molecular weight excluding hydrogens is 402 g/mol. The van der Waals surface area contributed by atoms with Crippen molar-refractivity contribution in [2.75, 3.05) is 52.4 Å². The predicted octanol–water partition coefficient (Wildman–Crippen LogP) is 1.54. The number of aryl methyl sites for hydroxylation is 1. The highest BCUT2D eigenvalue weighted by atomic mass is 32.1. The first-order valence-electron chi connectivity index (χ1n) is 10.5. The normalized spacial score (nSPS) is 19.8. The van der Waals surface area contributed by atoms with Gasteiger partial charge in [-0.05, 0) is 26.0 Å². The topological polar surface area (TPSA) is 73.1 Å². The highest BCUT2D eigenvalue weighted by molar-refractivity contribution is 7.09. The zero-order valence-electron chi connectivity index (χ0n) is 17.6. The molecule has 2 amide bonds. The van der Waals surface area contributed by atoms with Gasteiger partial charge in [0.05, 0.1) is 23.0 Å². The lowest BCUT2D eigenvalue weighted by molar-refractivity contribution is -0.138. The second-order valence-corrected chi connectivity index (χ2v) is 9.00. The SMILES string of the molecule is Cc1nc(CN2CCN([C@H](C)C(=O)N3CCN(C(=O)c4ccco4)CC3)CC2)cs1. The fourth-order valence-electron chi connectivity index (χ4n) is 4.13. The Balaban J connectivity index is 1.23. The van der Waals surface area contributed by atoms with Crippen molar-refractivity contribution < 1.29 is 14.0 Å². The summed E-state index contributed by atoms with van der Waals surface area (Å²) >= 11 is 1.69. The third kappa shape index (κ3) is 4.74. The predicted molar refractivity (Wildman–Crippen MR) is 114 cm³/mol. The van der Waals surface area contributed by atoms with E-state index in [0.29, 0.717) is 31.9 Å². The molecule has 2 aliphatic rings. The number of piperazine rings is 2. The molecule has 1 atom stereocenters. The minimum Gasteiger partial charge on any atom is -0.459 e. The summed E-state index contributed by atoms with van der Waals surface area (Å²) in [6, 6.07) is 3.25. The van der Waals surface area contributed by atoms with Crippen LogP contribution in [0.2, 0.25) is 0 Å². The van der Waals surface area contributed by atoms with Crippen LogP contribution in [0.25, 0.3) is 0 Å². The maximum Gasteiger partial charge on any atom is 0.289 e. The lowest BCUT2D eigenvalue weighted by atomic mass is 10.1. The van der Waals surface area contributed by atoms with Crippen LogP contribution < -0.4 is 0 Å². The van der Waals surface area contributed by atoms with Gasteiger partial charge in [-0.25, -0.2) is 4.98 Å².